The van der Waals surface area contributed by atoms with Crippen LogP contribution in [0.1, 0.15) is 11.7 Å². The van der Waals surface area contributed by atoms with Crippen LogP contribution in [-0.2, 0) is 4.74 Å². The molecule has 0 N–H and O–H groups in total. The fraction of sp³-hybridized carbons (Fsp3) is 0.333. The van der Waals surface area contributed by atoms with E-state index in [1.165, 1.54) is 0 Å². The molecule has 1 atom stereocenters. The molecular weight excluding hydrogens is 140 g/mol. The second-order valence-electron chi connectivity index (χ2n) is 2.56. The summed E-state index contributed by atoms with van der Waals surface area (Å²) in [5, 5.41) is 0. The molecule has 1 heterocycles. The van der Waals surface area contributed by atoms with Gasteiger partial charge in [-0.2, -0.15) is 0 Å². The van der Waals surface area contributed by atoms with Crippen molar-refractivity contribution in [1.82, 2.24) is 0 Å². The van der Waals surface area contributed by atoms with Crippen LogP contribution >= 0.6 is 0 Å². The molecule has 11 heavy (non-hydrogen) atoms. The lowest BCUT2D eigenvalue weighted by Gasteiger charge is -2.03. The molecule has 0 amide bonds. The number of benzene rings is 1. The first kappa shape index (κ1) is 6.68. The van der Waals surface area contributed by atoms with E-state index in [9.17, 15) is 0 Å². The van der Waals surface area contributed by atoms with Crippen molar-refractivity contribution >= 4 is 0 Å². The van der Waals surface area contributed by atoms with E-state index >= 15 is 0 Å². The highest BCUT2D eigenvalue weighted by atomic mass is 16.6. The summed E-state index contributed by atoms with van der Waals surface area (Å²) in [7, 11) is 1.68. The largest absolute Gasteiger partial charge is 0.496 e. The third-order valence-electron chi connectivity index (χ3n) is 1.82. The first-order chi connectivity index (χ1) is 5.42. The Kier molecular flexibility index (Phi) is 1.55. The van der Waals surface area contributed by atoms with E-state index in [1.54, 1.807) is 7.11 Å². The van der Waals surface area contributed by atoms with Crippen molar-refractivity contribution in [3.63, 3.8) is 0 Å². The number of methoxy groups -OCH3 is 1. The molecule has 1 aliphatic rings. The second-order valence-corrected chi connectivity index (χ2v) is 2.56. The average molecular weight is 150 g/mol. The second kappa shape index (κ2) is 2.55. The number of epoxide rings is 1. The minimum atomic E-state index is 0.283. The molecule has 1 fully saturated rings. The van der Waals surface area contributed by atoms with E-state index in [0.29, 0.717) is 0 Å². The lowest BCUT2D eigenvalue weighted by Crippen LogP contribution is -1.88. The van der Waals surface area contributed by atoms with Gasteiger partial charge in [-0.15, -0.1) is 0 Å². The molecule has 0 unspecified atom stereocenters. The Labute approximate surface area is 65.7 Å². The number of rotatable bonds is 2. The Morgan fingerprint density at radius 1 is 1.45 bits per heavy atom. The van der Waals surface area contributed by atoms with Crippen molar-refractivity contribution in [2.75, 3.05) is 13.7 Å². The highest BCUT2D eigenvalue weighted by molar-refractivity contribution is 5.36. The first-order valence-electron chi connectivity index (χ1n) is 3.66. The molecule has 1 aromatic rings. The van der Waals surface area contributed by atoms with E-state index in [0.717, 1.165) is 17.9 Å². The summed E-state index contributed by atoms with van der Waals surface area (Å²) in [5.74, 6) is 0.926. The molecule has 1 aromatic carbocycles. The van der Waals surface area contributed by atoms with Crippen LogP contribution in [0.3, 0.4) is 0 Å². The summed E-state index contributed by atoms with van der Waals surface area (Å²) >= 11 is 0. The summed E-state index contributed by atoms with van der Waals surface area (Å²) < 4.78 is 10.3. The molecule has 0 bridgehead atoms. The zero-order valence-electron chi connectivity index (χ0n) is 6.41. The number of ether oxygens (including phenoxy) is 2. The molecule has 0 spiro atoms. The van der Waals surface area contributed by atoms with Crippen LogP contribution < -0.4 is 4.74 Å². The zero-order chi connectivity index (χ0) is 7.68. The monoisotopic (exact) mass is 150 g/mol. The molecule has 0 aromatic heterocycles. The van der Waals surface area contributed by atoms with E-state index in [2.05, 4.69) is 0 Å². The molecule has 0 saturated carbocycles. The molecule has 2 nitrogen and oxygen atoms in total. The Morgan fingerprint density at radius 3 is 2.82 bits per heavy atom. The van der Waals surface area contributed by atoms with Crippen LogP contribution in [-0.4, -0.2) is 13.7 Å². The van der Waals surface area contributed by atoms with Gasteiger partial charge in [-0.05, 0) is 6.07 Å². The fourth-order valence-corrected chi connectivity index (χ4v) is 1.16. The van der Waals surface area contributed by atoms with Gasteiger partial charge in [0.05, 0.1) is 13.7 Å². The predicted octanol–water partition coefficient (Wildman–Crippen LogP) is 1.77. The Hall–Kier alpha value is -1.02. The maximum Gasteiger partial charge on any atom is 0.124 e. The summed E-state index contributed by atoms with van der Waals surface area (Å²) in [6.07, 6.45) is 0.283. The van der Waals surface area contributed by atoms with Gasteiger partial charge in [0.2, 0.25) is 0 Å². The van der Waals surface area contributed by atoms with Gasteiger partial charge in [0.1, 0.15) is 11.9 Å². The Bertz CT molecular complexity index is 253. The van der Waals surface area contributed by atoms with Crippen molar-refractivity contribution in [1.29, 1.82) is 0 Å². The fourth-order valence-electron chi connectivity index (χ4n) is 1.16. The smallest absolute Gasteiger partial charge is 0.124 e. The number of hydrogen-bond acceptors (Lipinski definition) is 2. The third-order valence-corrected chi connectivity index (χ3v) is 1.82. The van der Waals surface area contributed by atoms with E-state index in [1.807, 2.05) is 24.3 Å². The molecule has 1 aliphatic heterocycles. The van der Waals surface area contributed by atoms with Crippen LogP contribution in [0.2, 0.25) is 0 Å². The van der Waals surface area contributed by atoms with Crippen LogP contribution in [0.25, 0.3) is 0 Å². The standard InChI is InChI=1S/C9H10O2/c1-10-8-5-3-2-4-7(8)9-6-11-9/h2-5,9H,6H2,1H3/t9-/m1/s1. The van der Waals surface area contributed by atoms with Crippen molar-refractivity contribution in [2.24, 2.45) is 0 Å². The van der Waals surface area contributed by atoms with Gasteiger partial charge in [-0.25, -0.2) is 0 Å². The van der Waals surface area contributed by atoms with Crippen LogP contribution in [0.4, 0.5) is 0 Å². The SMILES string of the molecule is COc1ccccc1[C@H]1CO1. The van der Waals surface area contributed by atoms with Gasteiger partial charge in [0.25, 0.3) is 0 Å². The molecule has 58 valence electrons. The third kappa shape index (κ3) is 1.21. The van der Waals surface area contributed by atoms with E-state index in [4.69, 9.17) is 9.47 Å². The lowest BCUT2D eigenvalue weighted by molar-refractivity contribution is 0.383. The van der Waals surface area contributed by atoms with Gasteiger partial charge in [0.15, 0.2) is 0 Å². The van der Waals surface area contributed by atoms with Crippen molar-refractivity contribution < 1.29 is 9.47 Å². The Morgan fingerprint density at radius 2 is 2.18 bits per heavy atom. The highest BCUT2D eigenvalue weighted by Crippen LogP contribution is 2.35. The predicted molar refractivity (Wildman–Crippen MR) is 41.7 cm³/mol. The minimum Gasteiger partial charge on any atom is -0.496 e. The average Bonchev–Trinajstić information content (AvgIpc) is 2.87. The summed E-state index contributed by atoms with van der Waals surface area (Å²) in [5.41, 5.74) is 1.16. The normalized spacial score (nSPS) is 21.4. The number of hydrogen-bond donors (Lipinski definition) is 0. The molecular formula is C9H10O2. The lowest BCUT2D eigenvalue weighted by atomic mass is 10.1. The summed E-state index contributed by atoms with van der Waals surface area (Å²) in [4.78, 5) is 0. The topological polar surface area (TPSA) is 21.8 Å². The first-order valence-corrected chi connectivity index (χ1v) is 3.66. The minimum absolute atomic E-state index is 0.283. The van der Waals surface area contributed by atoms with E-state index < -0.39 is 0 Å². The molecule has 0 radical (unpaired) electrons. The van der Waals surface area contributed by atoms with Crippen molar-refractivity contribution in [3.05, 3.63) is 29.8 Å². The van der Waals surface area contributed by atoms with Gasteiger partial charge in [-0.3, -0.25) is 0 Å². The molecule has 2 heteroatoms. The van der Waals surface area contributed by atoms with Crippen LogP contribution in [0, 0.1) is 0 Å². The quantitative estimate of drug-likeness (QED) is 0.599. The van der Waals surface area contributed by atoms with Gasteiger partial charge >= 0.3 is 0 Å². The van der Waals surface area contributed by atoms with E-state index in [-0.39, 0.29) is 6.10 Å². The van der Waals surface area contributed by atoms with Crippen molar-refractivity contribution in [2.45, 2.75) is 6.10 Å². The van der Waals surface area contributed by atoms with Crippen molar-refractivity contribution in [3.8, 4) is 5.75 Å². The number of para-hydroxylation sites is 1. The molecule has 1 saturated heterocycles. The maximum absolute atomic E-state index is 5.17. The summed E-state index contributed by atoms with van der Waals surface area (Å²) in [6.45, 7) is 0.834. The van der Waals surface area contributed by atoms with Gasteiger partial charge in [-0.1, -0.05) is 18.2 Å². The summed E-state index contributed by atoms with van der Waals surface area (Å²) in [6, 6.07) is 7.96. The highest BCUT2D eigenvalue weighted by Gasteiger charge is 2.27. The molecule has 2 rings (SSSR count). The molecule has 0 aliphatic carbocycles. The van der Waals surface area contributed by atoms with Crippen LogP contribution in [0.5, 0.6) is 5.75 Å². The maximum atomic E-state index is 5.17. The Balaban J connectivity index is 2.34. The van der Waals surface area contributed by atoms with Gasteiger partial charge in [0, 0.05) is 5.56 Å². The zero-order valence-corrected chi connectivity index (χ0v) is 6.41. The van der Waals surface area contributed by atoms with Crippen LogP contribution in [0.15, 0.2) is 24.3 Å². The van der Waals surface area contributed by atoms with Gasteiger partial charge < -0.3 is 9.47 Å².